The Morgan fingerprint density at radius 1 is 1.47 bits per heavy atom. The van der Waals surface area contributed by atoms with E-state index in [1.807, 2.05) is 11.4 Å². The van der Waals surface area contributed by atoms with Crippen LogP contribution in [0.5, 0.6) is 0 Å². The molecule has 2 rings (SSSR count). The van der Waals surface area contributed by atoms with Crippen LogP contribution in [0, 0.1) is 3.57 Å². The Labute approximate surface area is 126 Å². The fraction of sp³-hybridized carbons (Fsp3) is 0.273. The van der Waals surface area contributed by atoms with Gasteiger partial charge in [-0.2, -0.15) is 0 Å². The zero-order valence-electron chi connectivity index (χ0n) is 9.20. The lowest BCUT2D eigenvalue weighted by molar-refractivity contribution is 0.870. The predicted octanol–water partition coefficient (Wildman–Crippen LogP) is 4.11. The van der Waals surface area contributed by atoms with Gasteiger partial charge in [0.05, 0.1) is 14.1 Å². The van der Waals surface area contributed by atoms with Crippen molar-refractivity contribution in [3.63, 3.8) is 0 Å². The van der Waals surface area contributed by atoms with Gasteiger partial charge in [-0.05, 0) is 51.0 Å². The number of nitrogen functional groups attached to an aromatic ring is 1. The first-order valence-corrected chi connectivity index (χ1v) is 7.93. The molecule has 90 valence electrons. The van der Waals surface area contributed by atoms with Crippen LogP contribution in [0.25, 0.3) is 10.7 Å². The third-order valence-electron chi connectivity index (χ3n) is 2.22. The monoisotopic (exact) mass is 423 g/mol. The van der Waals surface area contributed by atoms with Gasteiger partial charge >= 0.3 is 0 Å². The number of hydrogen-bond donors (Lipinski definition) is 1. The van der Waals surface area contributed by atoms with E-state index in [4.69, 9.17) is 5.73 Å². The van der Waals surface area contributed by atoms with E-state index in [0.717, 1.165) is 37.3 Å². The van der Waals surface area contributed by atoms with Gasteiger partial charge in [-0.3, -0.25) is 0 Å². The molecule has 0 amide bonds. The van der Waals surface area contributed by atoms with Crippen LogP contribution in [0.3, 0.4) is 0 Å². The van der Waals surface area contributed by atoms with Gasteiger partial charge in [-0.25, -0.2) is 9.97 Å². The molecule has 0 bridgehead atoms. The molecule has 0 radical (unpaired) electrons. The molecule has 0 fully saturated rings. The van der Waals surface area contributed by atoms with Crippen molar-refractivity contribution in [2.24, 2.45) is 0 Å². The second-order valence-corrected chi connectivity index (χ2v) is 6.48. The molecule has 17 heavy (non-hydrogen) atoms. The smallest absolute Gasteiger partial charge is 0.171 e. The van der Waals surface area contributed by atoms with E-state index >= 15 is 0 Å². The fourth-order valence-corrected chi connectivity index (χ4v) is 3.33. The van der Waals surface area contributed by atoms with E-state index in [9.17, 15) is 0 Å². The number of rotatable bonds is 3. The Balaban J connectivity index is 2.48. The average Bonchev–Trinajstić information content (AvgIpc) is 2.71. The second-order valence-electron chi connectivity index (χ2n) is 3.57. The maximum absolute atomic E-state index is 5.93. The van der Waals surface area contributed by atoms with Gasteiger partial charge in [0.2, 0.25) is 0 Å². The zero-order chi connectivity index (χ0) is 12.4. The largest absolute Gasteiger partial charge is 0.383 e. The predicted molar refractivity (Wildman–Crippen MR) is 84.2 cm³/mol. The molecule has 3 nitrogen and oxygen atoms in total. The first kappa shape index (κ1) is 13.2. The molecule has 2 N–H and O–H groups in total. The molecule has 0 aliphatic rings. The first-order chi connectivity index (χ1) is 8.11. The van der Waals surface area contributed by atoms with E-state index in [0.29, 0.717) is 5.82 Å². The normalized spacial score (nSPS) is 10.8. The molecule has 0 aliphatic carbocycles. The number of anilines is 1. The van der Waals surface area contributed by atoms with Crippen molar-refractivity contribution in [2.75, 3.05) is 5.73 Å². The van der Waals surface area contributed by atoms with E-state index in [2.05, 4.69) is 55.4 Å². The van der Waals surface area contributed by atoms with Crippen molar-refractivity contribution in [3.05, 3.63) is 25.2 Å². The summed E-state index contributed by atoms with van der Waals surface area (Å²) < 4.78 is 2.03. The molecular weight excluding hydrogens is 413 g/mol. The van der Waals surface area contributed by atoms with Crippen molar-refractivity contribution in [2.45, 2.75) is 19.8 Å². The van der Waals surface area contributed by atoms with Crippen LogP contribution >= 0.6 is 49.9 Å². The van der Waals surface area contributed by atoms with Crippen LogP contribution in [0.4, 0.5) is 5.82 Å². The van der Waals surface area contributed by atoms with Gasteiger partial charge in [0, 0.05) is 9.85 Å². The minimum Gasteiger partial charge on any atom is -0.383 e. The van der Waals surface area contributed by atoms with E-state index < -0.39 is 0 Å². The standard InChI is InChI=1S/C11H11BrIN3S/c1-2-3-7-9(13)10(14)16-11(15-7)8-4-6(12)5-17-8/h4-5H,2-3H2,1H3,(H2,14,15,16). The molecule has 2 aromatic rings. The number of aromatic nitrogens is 2. The molecule has 0 aromatic carbocycles. The summed E-state index contributed by atoms with van der Waals surface area (Å²) >= 11 is 7.26. The Morgan fingerprint density at radius 2 is 2.24 bits per heavy atom. The number of hydrogen-bond acceptors (Lipinski definition) is 4. The Bertz CT molecular complexity index is 542. The summed E-state index contributed by atoms with van der Waals surface area (Å²) in [5.41, 5.74) is 6.97. The molecule has 0 spiro atoms. The highest BCUT2D eigenvalue weighted by molar-refractivity contribution is 14.1. The van der Waals surface area contributed by atoms with E-state index in [-0.39, 0.29) is 0 Å². The molecule has 0 saturated heterocycles. The Hall–Kier alpha value is -0.210. The molecule has 2 aromatic heterocycles. The van der Waals surface area contributed by atoms with Crippen molar-refractivity contribution in [1.82, 2.24) is 9.97 Å². The third kappa shape index (κ3) is 2.97. The minimum atomic E-state index is 0.573. The summed E-state index contributed by atoms with van der Waals surface area (Å²) in [6, 6.07) is 2.02. The van der Waals surface area contributed by atoms with Gasteiger partial charge < -0.3 is 5.73 Å². The summed E-state index contributed by atoms with van der Waals surface area (Å²) in [7, 11) is 0. The van der Waals surface area contributed by atoms with E-state index in [1.165, 1.54) is 0 Å². The Kier molecular flexibility index (Phi) is 4.37. The molecular formula is C11H11BrIN3S. The summed E-state index contributed by atoms with van der Waals surface area (Å²) in [6.45, 7) is 2.13. The molecule has 0 unspecified atom stereocenters. The van der Waals surface area contributed by atoms with Crippen molar-refractivity contribution < 1.29 is 0 Å². The quantitative estimate of drug-likeness (QED) is 0.756. The Morgan fingerprint density at radius 3 is 2.82 bits per heavy atom. The number of aryl methyl sites for hydroxylation is 1. The fourth-order valence-electron chi connectivity index (χ4n) is 1.46. The minimum absolute atomic E-state index is 0.573. The van der Waals surface area contributed by atoms with E-state index in [1.54, 1.807) is 11.3 Å². The van der Waals surface area contributed by atoms with Crippen LogP contribution in [-0.2, 0) is 6.42 Å². The molecule has 6 heteroatoms. The SMILES string of the molecule is CCCc1nc(-c2cc(Br)cs2)nc(N)c1I. The lowest BCUT2D eigenvalue weighted by atomic mass is 10.2. The molecule has 0 atom stereocenters. The lowest BCUT2D eigenvalue weighted by Gasteiger charge is -2.06. The zero-order valence-corrected chi connectivity index (χ0v) is 13.8. The summed E-state index contributed by atoms with van der Waals surface area (Å²) in [6.07, 6.45) is 1.99. The van der Waals surface area contributed by atoms with Gasteiger partial charge in [-0.15, -0.1) is 11.3 Å². The highest BCUT2D eigenvalue weighted by Gasteiger charge is 2.12. The lowest BCUT2D eigenvalue weighted by Crippen LogP contribution is -2.04. The van der Waals surface area contributed by atoms with Gasteiger partial charge in [-0.1, -0.05) is 13.3 Å². The van der Waals surface area contributed by atoms with Crippen molar-refractivity contribution in [3.8, 4) is 10.7 Å². The van der Waals surface area contributed by atoms with Crippen LogP contribution in [-0.4, -0.2) is 9.97 Å². The second kappa shape index (κ2) is 5.62. The summed E-state index contributed by atoms with van der Waals surface area (Å²) in [5.74, 6) is 1.30. The van der Waals surface area contributed by atoms with Crippen molar-refractivity contribution >= 4 is 55.7 Å². The molecule has 0 saturated carbocycles. The topological polar surface area (TPSA) is 51.8 Å². The van der Waals surface area contributed by atoms with Crippen LogP contribution in [0.15, 0.2) is 15.9 Å². The summed E-state index contributed by atoms with van der Waals surface area (Å²) in [4.78, 5) is 9.98. The first-order valence-electron chi connectivity index (χ1n) is 5.18. The van der Waals surface area contributed by atoms with Gasteiger partial charge in [0.25, 0.3) is 0 Å². The van der Waals surface area contributed by atoms with Gasteiger partial charge in [0.1, 0.15) is 5.82 Å². The maximum Gasteiger partial charge on any atom is 0.171 e. The number of thiophene rings is 1. The van der Waals surface area contributed by atoms with Crippen LogP contribution < -0.4 is 5.73 Å². The maximum atomic E-state index is 5.93. The summed E-state index contributed by atoms with van der Waals surface area (Å²) in [5, 5.41) is 2.02. The average molecular weight is 424 g/mol. The van der Waals surface area contributed by atoms with Crippen LogP contribution in [0.2, 0.25) is 0 Å². The number of nitrogens with two attached hydrogens (primary N) is 1. The van der Waals surface area contributed by atoms with Crippen LogP contribution in [0.1, 0.15) is 19.0 Å². The number of halogens is 2. The molecule has 0 aliphatic heterocycles. The number of nitrogens with zero attached hydrogens (tertiary/aromatic N) is 2. The highest BCUT2D eigenvalue weighted by atomic mass is 127. The van der Waals surface area contributed by atoms with Crippen molar-refractivity contribution in [1.29, 1.82) is 0 Å². The third-order valence-corrected chi connectivity index (χ3v) is 5.08. The highest BCUT2D eigenvalue weighted by Crippen LogP contribution is 2.29. The molecule has 2 heterocycles. The van der Waals surface area contributed by atoms with Gasteiger partial charge in [0.15, 0.2) is 5.82 Å².